The number of nitriles is 1. The van der Waals surface area contributed by atoms with E-state index in [1.165, 1.54) is 30.4 Å². The molecule has 0 unspecified atom stereocenters. The molecule has 0 aliphatic heterocycles. The second kappa shape index (κ2) is 3.49. The fourth-order valence-corrected chi connectivity index (χ4v) is 2.26. The Morgan fingerprint density at radius 1 is 1.25 bits per heavy atom. The average Bonchev–Trinajstić information content (AvgIpc) is 2.96. The van der Waals surface area contributed by atoms with Crippen LogP contribution in [0.4, 0.5) is 0 Å². The fourth-order valence-electron chi connectivity index (χ4n) is 2.26. The minimum absolute atomic E-state index is 0.371. The number of aryl methyl sites for hydroxylation is 2. The van der Waals surface area contributed by atoms with Gasteiger partial charge in [0.05, 0.1) is 11.9 Å². The Labute approximate surface area is 93.8 Å². The van der Waals surface area contributed by atoms with E-state index in [0.717, 1.165) is 11.3 Å². The van der Waals surface area contributed by atoms with Crippen LogP contribution in [0.15, 0.2) is 24.4 Å². The smallest absolute Gasteiger partial charge is 0.210 e. The van der Waals surface area contributed by atoms with Gasteiger partial charge in [0.1, 0.15) is 6.07 Å². The number of hydrogen-bond donors (Lipinski definition) is 1. The molecule has 16 heavy (non-hydrogen) atoms. The van der Waals surface area contributed by atoms with Gasteiger partial charge >= 0.3 is 0 Å². The molecule has 0 saturated carbocycles. The molecular formula is C13H11N3. The Hall–Kier alpha value is -2.08. The van der Waals surface area contributed by atoms with Crippen LogP contribution < -0.4 is 0 Å². The molecule has 0 saturated heterocycles. The third kappa shape index (κ3) is 1.40. The summed E-state index contributed by atoms with van der Waals surface area (Å²) in [5.74, 6) is 0.371. The largest absolute Gasteiger partial charge is 0.329 e. The van der Waals surface area contributed by atoms with Crippen molar-refractivity contribution in [3.8, 4) is 17.3 Å². The summed E-state index contributed by atoms with van der Waals surface area (Å²) in [6, 6.07) is 8.49. The maximum Gasteiger partial charge on any atom is 0.210 e. The molecule has 1 aromatic carbocycles. The lowest BCUT2D eigenvalue weighted by atomic mass is 10.1. The summed E-state index contributed by atoms with van der Waals surface area (Å²) in [6.45, 7) is 0. The molecule has 3 nitrogen and oxygen atoms in total. The van der Waals surface area contributed by atoms with Crippen molar-refractivity contribution in [3.63, 3.8) is 0 Å². The molecule has 78 valence electrons. The monoisotopic (exact) mass is 209 g/mol. The maximum absolute atomic E-state index is 8.71. The molecule has 0 radical (unpaired) electrons. The number of H-pyrrole nitrogens is 1. The normalized spacial score (nSPS) is 13.4. The number of hydrogen-bond acceptors (Lipinski definition) is 2. The van der Waals surface area contributed by atoms with Crippen molar-refractivity contribution in [1.29, 1.82) is 5.26 Å². The Bertz CT molecular complexity index is 575. The van der Waals surface area contributed by atoms with Gasteiger partial charge in [0, 0.05) is 0 Å². The topological polar surface area (TPSA) is 52.5 Å². The van der Waals surface area contributed by atoms with Crippen LogP contribution in [0.3, 0.4) is 0 Å². The fraction of sp³-hybridized carbons (Fsp3) is 0.231. The zero-order chi connectivity index (χ0) is 11.0. The van der Waals surface area contributed by atoms with Crippen LogP contribution in [0.2, 0.25) is 0 Å². The molecule has 3 heteroatoms. The van der Waals surface area contributed by atoms with Gasteiger partial charge in [-0.05, 0) is 42.0 Å². The summed E-state index contributed by atoms with van der Waals surface area (Å²) in [6.07, 6.45) is 5.34. The molecule has 1 heterocycles. The summed E-state index contributed by atoms with van der Waals surface area (Å²) in [4.78, 5) is 6.99. The lowest BCUT2D eigenvalue weighted by molar-refractivity contribution is 0.912. The first-order valence-corrected chi connectivity index (χ1v) is 5.44. The minimum Gasteiger partial charge on any atom is -0.329 e. The number of nitrogens with zero attached hydrogens (tertiary/aromatic N) is 2. The van der Waals surface area contributed by atoms with Crippen molar-refractivity contribution in [3.05, 3.63) is 41.3 Å². The molecule has 1 aliphatic rings. The van der Waals surface area contributed by atoms with Gasteiger partial charge in [-0.15, -0.1) is 0 Å². The third-order valence-corrected chi connectivity index (χ3v) is 3.09. The lowest BCUT2D eigenvalue weighted by Gasteiger charge is -2.02. The number of fused-ring (bicyclic) bond motifs is 1. The van der Waals surface area contributed by atoms with E-state index < -0.39 is 0 Å². The molecule has 0 fully saturated rings. The Balaban J connectivity index is 2.04. The van der Waals surface area contributed by atoms with E-state index in [9.17, 15) is 0 Å². The van der Waals surface area contributed by atoms with E-state index in [1.54, 1.807) is 6.20 Å². The molecule has 1 aromatic heterocycles. The summed E-state index contributed by atoms with van der Waals surface area (Å²) >= 11 is 0. The first-order chi connectivity index (χ1) is 7.86. The Kier molecular flexibility index (Phi) is 2.00. The number of aromatic nitrogens is 2. The standard InChI is InChI=1S/C13H11N3/c14-7-13-15-8-12(16-13)11-5-4-9-2-1-3-10(9)6-11/h4-6,8H,1-3H2,(H,15,16). The summed E-state index contributed by atoms with van der Waals surface area (Å²) in [5, 5.41) is 8.71. The van der Waals surface area contributed by atoms with Gasteiger partial charge in [-0.1, -0.05) is 12.1 Å². The van der Waals surface area contributed by atoms with Gasteiger partial charge in [-0.25, -0.2) is 4.98 Å². The van der Waals surface area contributed by atoms with Crippen molar-refractivity contribution in [1.82, 2.24) is 9.97 Å². The van der Waals surface area contributed by atoms with Crippen LogP contribution >= 0.6 is 0 Å². The van der Waals surface area contributed by atoms with Crippen LogP contribution in [0.25, 0.3) is 11.3 Å². The highest BCUT2D eigenvalue weighted by molar-refractivity contribution is 5.61. The van der Waals surface area contributed by atoms with E-state index in [1.807, 2.05) is 6.07 Å². The van der Waals surface area contributed by atoms with Crippen molar-refractivity contribution >= 4 is 0 Å². The van der Waals surface area contributed by atoms with E-state index in [-0.39, 0.29) is 0 Å². The molecule has 0 atom stereocenters. The van der Waals surface area contributed by atoms with Crippen molar-refractivity contribution in [2.45, 2.75) is 19.3 Å². The van der Waals surface area contributed by atoms with E-state index in [2.05, 4.69) is 28.2 Å². The summed E-state index contributed by atoms with van der Waals surface area (Å²) in [7, 11) is 0. The molecule has 0 amide bonds. The van der Waals surface area contributed by atoms with Crippen LogP contribution in [-0.2, 0) is 12.8 Å². The van der Waals surface area contributed by atoms with Crippen molar-refractivity contribution in [2.75, 3.05) is 0 Å². The maximum atomic E-state index is 8.71. The highest BCUT2D eigenvalue weighted by atomic mass is 14.9. The predicted octanol–water partition coefficient (Wildman–Crippen LogP) is 2.44. The zero-order valence-corrected chi connectivity index (χ0v) is 8.83. The second-order valence-corrected chi connectivity index (χ2v) is 4.09. The first kappa shape index (κ1) is 9.17. The second-order valence-electron chi connectivity index (χ2n) is 4.09. The molecule has 2 aromatic rings. The molecular weight excluding hydrogens is 198 g/mol. The molecule has 1 aliphatic carbocycles. The first-order valence-electron chi connectivity index (χ1n) is 5.44. The summed E-state index contributed by atoms with van der Waals surface area (Å²) < 4.78 is 0. The quantitative estimate of drug-likeness (QED) is 0.784. The van der Waals surface area contributed by atoms with Crippen LogP contribution in [0.5, 0.6) is 0 Å². The molecule has 0 spiro atoms. The number of rotatable bonds is 1. The van der Waals surface area contributed by atoms with Gasteiger partial charge in [-0.2, -0.15) is 5.26 Å². The predicted molar refractivity (Wildman–Crippen MR) is 60.8 cm³/mol. The SMILES string of the molecule is N#Cc1ncc(-c2ccc3c(c2)CCC3)[nH]1. The third-order valence-electron chi connectivity index (χ3n) is 3.09. The Morgan fingerprint density at radius 3 is 2.94 bits per heavy atom. The highest BCUT2D eigenvalue weighted by Gasteiger charge is 2.12. The van der Waals surface area contributed by atoms with Crippen molar-refractivity contribution in [2.24, 2.45) is 0 Å². The van der Waals surface area contributed by atoms with Crippen molar-refractivity contribution < 1.29 is 0 Å². The summed E-state index contributed by atoms with van der Waals surface area (Å²) in [5.41, 5.74) is 4.94. The zero-order valence-electron chi connectivity index (χ0n) is 8.83. The van der Waals surface area contributed by atoms with Gasteiger partial charge in [-0.3, -0.25) is 0 Å². The number of nitrogens with one attached hydrogen (secondary N) is 1. The van der Waals surface area contributed by atoms with Gasteiger partial charge in [0.15, 0.2) is 0 Å². The van der Waals surface area contributed by atoms with Gasteiger partial charge in [0.2, 0.25) is 5.82 Å². The molecule has 0 bridgehead atoms. The number of aromatic amines is 1. The Morgan fingerprint density at radius 2 is 2.12 bits per heavy atom. The van der Waals surface area contributed by atoms with Gasteiger partial charge in [0.25, 0.3) is 0 Å². The molecule has 3 rings (SSSR count). The number of imidazole rings is 1. The van der Waals surface area contributed by atoms with E-state index in [0.29, 0.717) is 5.82 Å². The lowest BCUT2D eigenvalue weighted by Crippen LogP contribution is -1.85. The van der Waals surface area contributed by atoms with Crippen LogP contribution in [0, 0.1) is 11.3 Å². The number of benzene rings is 1. The van der Waals surface area contributed by atoms with E-state index >= 15 is 0 Å². The molecule has 1 N–H and O–H groups in total. The highest BCUT2D eigenvalue weighted by Crippen LogP contribution is 2.27. The van der Waals surface area contributed by atoms with Crippen LogP contribution in [0.1, 0.15) is 23.4 Å². The average molecular weight is 209 g/mol. The van der Waals surface area contributed by atoms with Crippen LogP contribution in [-0.4, -0.2) is 9.97 Å². The van der Waals surface area contributed by atoms with E-state index in [4.69, 9.17) is 5.26 Å². The minimum atomic E-state index is 0.371. The van der Waals surface area contributed by atoms with Gasteiger partial charge < -0.3 is 4.98 Å².